The number of carbonyl (C=O) groups excluding carboxylic acids is 1. The molecule has 1 aliphatic rings. The van der Waals surface area contributed by atoms with Crippen molar-refractivity contribution in [3.05, 3.63) is 52.5 Å². The Bertz CT molecular complexity index is 671. The molecule has 1 fully saturated rings. The number of halogens is 1. The molecule has 0 unspecified atom stereocenters. The molecule has 7 heteroatoms. The summed E-state index contributed by atoms with van der Waals surface area (Å²) in [6.07, 6.45) is 0. The van der Waals surface area contributed by atoms with Crippen LogP contribution in [0.5, 0.6) is 0 Å². The maximum atomic E-state index is 13.8. The van der Waals surface area contributed by atoms with E-state index < -0.39 is 0 Å². The molecule has 0 bridgehead atoms. The molecule has 2 N–H and O–H groups in total. The molecule has 0 saturated carbocycles. The first-order chi connectivity index (χ1) is 12.2. The SMILES string of the molecule is O=C(NCCN1CCN(c2ccccc2F)CC1)NCc1cccs1. The summed E-state index contributed by atoms with van der Waals surface area (Å²) in [7, 11) is 0. The molecule has 1 aromatic carbocycles. The maximum absolute atomic E-state index is 13.8. The zero-order valence-electron chi connectivity index (χ0n) is 14.1. The standard InChI is InChI=1S/C18H23FN4OS/c19-16-5-1-2-6-17(16)23-11-9-22(10-12-23)8-7-20-18(24)21-14-15-4-3-13-25-15/h1-6,13H,7-12,14H2,(H2,20,21,24). The summed E-state index contributed by atoms with van der Waals surface area (Å²) in [5.74, 6) is -0.167. The number of hydrogen-bond acceptors (Lipinski definition) is 4. The normalized spacial score (nSPS) is 15.2. The van der Waals surface area contributed by atoms with Gasteiger partial charge in [0.1, 0.15) is 5.82 Å². The Balaban J connectivity index is 1.33. The molecule has 5 nitrogen and oxygen atoms in total. The van der Waals surface area contributed by atoms with Crippen LogP contribution in [0.25, 0.3) is 0 Å². The molecule has 1 aliphatic heterocycles. The lowest BCUT2D eigenvalue weighted by Crippen LogP contribution is -2.49. The van der Waals surface area contributed by atoms with E-state index in [1.165, 1.54) is 6.07 Å². The van der Waals surface area contributed by atoms with Crippen molar-refractivity contribution in [1.82, 2.24) is 15.5 Å². The van der Waals surface area contributed by atoms with Gasteiger partial charge in [-0.1, -0.05) is 18.2 Å². The lowest BCUT2D eigenvalue weighted by atomic mass is 10.2. The summed E-state index contributed by atoms with van der Waals surface area (Å²) in [5.41, 5.74) is 0.674. The van der Waals surface area contributed by atoms with Gasteiger partial charge in [-0.3, -0.25) is 4.90 Å². The Labute approximate surface area is 151 Å². The van der Waals surface area contributed by atoms with Gasteiger partial charge in [0, 0.05) is 44.1 Å². The number of amides is 2. The molecular weight excluding hydrogens is 339 g/mol. The molecule has 1 aromatic heterocycles. The molecule has 0 aliphatic carbocycles. The Morgan fingerprint density at radius 2 is 1.88 bits per heavy atom. The van der Waals surface area contributed by atoms with E-state index in [-0.39, 0.29) is 11.8 Å². The molecule has 0 atom stereocenters. The molecule has 2 heterocycles. The Morgan fingerprint density at radius 3 is 2.60 bits per heavy atom. The van der Waals surface area contributed by atoms with Crippen molar-refractivity contribution in [2.75, 3.05) is 44.2 Å². The number of rotatable bonds is 6. The average molecular weight is 362 g/mol. The highest BCUT2D eigenvalue weighted by Crippen LogP contribution is 2.19. The van der Waals surface area contributed by atoms with Gasteiger partial charge in [-0.2, -0.15) is 0 Å². The van der Waals surface area contributed by atoms with Gasteiger partial charge in [-0.25, -0.2) is 9.18 Å². The number of nitrogens with zero attached hydrogens (tertiary/aromatic N) is 2. The van der Waals surface area contributed by atoms with Gasteiger partial charge in [0.2, 0.25) is 0 Å². The van der Waals surface area contributed by atoms with E-state index in [2.05, 4.69) is 20.4 Å². The van der Waals surface area contributed by atoms with Crippen molar-refractivity contribution in [2.45, 2.75) is 6.54 Å². The number of hydrogen-bond donors (Lipinski definition) is 2. The number of urea groups is 1. The van der Waals surface area contributed by atoms with E-state index in [9.17, 15) is 9.18 Å². The van der Waals surface area contributed by atoms with Crippen LogP contribution in [0.1, 0.15) is 4.88 Å². The smallest absolute Gasteiger partial charge is 0.315 e. The van der Waals surface area contributed by atoms with E-state index in [0.717, 1.165) is 37.6 Å². The third kappa shape index (κ3) is 5.17. The summed E-state index contributed by atoms with van der Waals surface area (Å²) in [6.45, 7) is 5.30. The monoisotopic (exact) mass is 362 g/mol. The minimum Gasteiger partial charge on any atom is -0.367 e. The summed E-state index contributed by atoms with van der Waals surface area (Å²) in [6, 6.07) is 10.7. The summed E-state index contributed by atoms with van der Waals surface area (Å²) in [5, 5.41) is 7.73. The van der Waals surface area contributed by atoms with Gasteiger partial charge in [-0.05, 0) is 23.6 Å². The molecule has 1 saturated heterocycles. The predicted octanol–water partition coefficient (Wildman–Crippen LogP) is 2.51. The molecular formula is C18H23FN4OS. The zero-order valence-corrected chi connectivity index (χ0v) is 14.9. The van der Waals surface area contributed by atoms with Gasteiger partial charge < -0.3 is 15.5 Å². The van der Waals surface area contributed by atoms with Crippen LogP contribution in [-0.4, -0.2) is 50.2 Å². The lowest BCUT2D eigenvalue weighted by Gasteiger charge is -2.36. The van der Waals surface area contributed by atoms with E-state index >= 15 is 0 Å². The number of benzene rings is 1. The summed E-state index contributed by atoms with van der Waals surface area (Å²) >= 11 is 1.63. The Kier molecular flexibility index (Phi) is 6.25. The van der Waals surface area contributed by atoms with Gasteiger partial charge in [0.05, 0.1) is 12.2 Å². The van der Waals surface area contributed by atoms with Crippen LogP contribution < -0.4 is 15.5 Å². The number of nitrogens with one attached hydrogen (secondary N) is 2. The van der Waals surface area contributed by atoms with Crippen molar-refractivity contribution < 1.29 is 9.18 Å². The second-order valence-electron chi connectivity index (χ2n) is 5.97. The van der Waals surface area contributed by atoms with Crippen LogP contribution in [0.3, 0.4) is 0 Å². The zero-order chi connectivity index (χ0) is 17.5. The lowest BCUT2D eigenvalue weighted by molar-refractivity contribution is 0.231. The number of para-hydroxylation sites is 1. The Hall–Kier alpha value is -2.12. The van der Waals surface area contributed by atoms with Crippen LogP contribution in [0, 0.1) is 5.82 Å². The van der Waals surface area contributed by atoms with E-state index in [4.69, 9.17) is 0 Å². The van der Waals surface area contributed by atoms with Gasteiger partial charge in [-0.15, -0.1) is 11.3 Å². The van der Waals surface area contributed by atoms with Crippen LogP contribution >= 0.6 is 11.3 Å². The quantitative estimate of drug-likeness (QED) is 0.830. The summed E-state index contributed by atoms with van der Waals surface area (Å²) < 4.78 is 13.8. The molecule has 2 aromatic rings. The number of piperazine rings is 1. The second-order valence-corrected chi connectivity index (χ2v) is 7.00. The van der Waals surface area contributed by atoms with Crippen LogP contribution in [-0.2, 0) is 6.54 Å². The van der Waals surface area contributed by atoms with Crippen LogP contribution in [0.4, 0.5) is 14.9 Å². The predicted molar refractivity (Wildman–Crippen MR) is 99.6 cm³/mol. The molecule has 0 radical (unpaired) electrons. The van der Waals surface area contributed by atoms with Gasteiger partial charge in [0.15, 0.2) is 0 Å². The number of carbonyl (C=O) groups is 1. The van der Waals surface area contributed by atoms with Gasteiger partial charge >= 0.3 is 6.03 Å². The first-order valence-electron chi connectivity index (χ1n) is 8.48. The fourth-order valence-corrected chi connectivity index (χ4v) is 3.54. The van der Waals surface area contributed by atoms with E-state index in [0.29, 0.717) is 18.8 Å². The molecule has 0 spiro atoms. The van der Waals surface area contributed by atoms with Crippen molar-refractivity contribution in [3.8, 4) is 0 Å². The molecule has 25 heavy (non-hydrogen) atoms. The fraction of sp³-hybridized carbons (Fsp3) is 0.389. The molecule has 134 valence electrons. The number of anilines is 1. The van der Waals surface area contributed by atoms with Crippen molar-refractivity contribution in [2.24, 2.45) is 0 Å². The van der Waals surface area contributed by atoms with Crippen LogP contribution in [0.15, 0.2) is 41.8 Å². The van der Waals surface area contributed by atoms with Crippen LogP contribution in [0.2, 0.25) is 0 Å². The topological polar surface area (TPSA) is 47.6 Å². The van der Waals surface area contributed by atoms with E-state index in [1.54, 1.807) is 17.4 Å². The van der Waals surface area contributed by atoms with Crippen molar-refractivity contribution in [1.29, 1.82) is 0 Å². The Morgan fingerprint density at radius 1 is 1.08 bits per heavy atom. The first kappa shape index (κ1) is 17.7. The highest BCUT2D eigenvalue weighted by atomic mass is 32.1. The highest BCUT2D eigenvalue weighted by molar-refractivity contribution is 7.09. The third-order valence-electron chi connectivity index (χ3n) is 4.28. The fourth-order valence-electron chi connectivity index (χ4n) is 2.89. The van der Waals surface area contributed by atoms with E-state index in [1.807, 2.05) is 29.6 Å². The minimum atomic E-state index is -0.167. The van der Waals surface area contributed by atoms with Crippen molar-refractivity contribution >= 4 is 23.1 Å². The average Bonchev–Trinajstić information content (AvgIpc) is 3.15. The highest BCUT2D eigenvalue weighted by Gasteiger charge is 2.18. The third-order valence-corrected chi connectivity index (χ3v) is 5.16. The molecule has 2 amide bonds. The maximum Gasteiger partial charge on any atom is 0.315 e. The first-order valence-corrected chi connectivity index (χ1v) is 9.36. The number of thiophene rings is 1. The van der Waals surface area contributed by atoms with Crippen molar-refractivity contribution in [3.63, 3.8) is 0 Å². The minimum absolute atomic E-state index is 0.140. The summed E-state index contributed by atoms with van der Waals surface area (Å²) in [4.78, 5) is 17.3. The molecule has 3 rings (SSSR count). The second kappa shape index (κ2) is 8.82. The van der Waals surface area contributed by atoms with Gasteiger partial charge in [0.25, 0.3) is 0 Å². The largest absolute Gasteiger partial charge is 0.367 e.